The van der Waals surface area contributed by atoms with Crippen molar-refractivity contribution >= 4 is 5.91 Å². The van der Waals surface area contributed by atoms with Gasteiger partial charge in [-0.2, -0.15) is 0 Å². The van der Waals surface area contributed by atoms with Gasteiger partial charge in [-0.1, -0.05) is 0 Å². The smallest absolute Gasteiger partial charge is 0.242 e. The second-order valence-electron chi connectivity index (χ2n) is 7.34. The summed E-state index contributed by atoms with van der Waals surface area (Å²) in [7, 11) is 1.85. The van der Waals surface area contributed by atoms with Gasteiger partial charge < -0.3 is 9.64 Å². The summed E-state index contributed by atoms with van der Waals surface area (Å²) in [6, 6.07) is 8.40. The van der Waals surface area contributed by atoms with Gasteiger partial charge in [-0.3, -0.25) is 15.1 Å². The number of likely N-dealkylation sites (N-methyl/N-ethyl adjacent to an activating group) is 1. The first-order valence-electron chi connectivity index (χ1n) is 9.44. The molecule has 6 heteroatoms. The molecule has 2 fully saturated rings. The molecule has 1 spiro atoms. The van der Waals surface area contributed by atoms with Gasteiger partial charge in [0.05, 0.1) is 18.3 Å². The second kappa shape index (κ2) is 6.93. The van der Waals surface area contributed by atoms with Crippen LogP contribution < -0.4 is 10.1 Å². The lowest BCUT2D eigenvalue weighted by Crippen LogP contribution is -2.47. The molecule has 142 valence electrons. The topological polar surface area (TPSA) is 54.5 Å². The third kappa shape index (κ3) is 3.18. The zero-order valence-electron chi connectivity index (χ0n) is 15.7. The molecule has 0 bridgehead atoms. The van der Waals surface area contributed by atoms with Gasteiger partial charge in [-0.05, 0) is 62.1 Å². The van der Waals surface area contributed by atoms with Crippen molar-refractivity contribution in [2.45, 2.75) is 37.8 Å². The first-order chi connectivity index (χ1) is 13.0. The summed E-state index contributed by atoms with van der Waals surface area (Å²) >= 11 is 0. The van der Waals surface area contributed by atoms with Gasteiger partial charge in [0.15, 0.2) is 0 Å². The Morgan fingerprint density at radius 3 is 2.93 bits per heavy atom. The lowest BCUT2D eigenvalue weighted by atomic mass is 9.96. The maximum absolute atomic E-state index is 13.8. The molecule has 0 radical (unpaired) electrons. The highest BCUT2D eigenvalue weighted by molar-refractivity contribution is 5.88. The van der Waals surface area contributed by atoms with Crippen LogP contribution in [0.15, 0.2) is 36.5 Å². The molecule has 2 saturated heterocycles. The fourth-order valence-corrected chi connectivity index (χ4v) is 4.20. The maximum atomic E-state index is 13.8. The minimum atomic E-state index is -0.452. The zero-order chi connectivity index (χ0) is 19.0. The van der Waals surface area contributed by atoms with E-state index in [0.717, 1.165) is 37.1 Å². The molecule has 4 rings (SSSR count). The van der Waals surface area contributed by atoms with E-state index >= 15 is 0 Å². The highest BCUT2D eigenvalue weighted by Gasteiger charge is 2.50. The average molecular weight is 369 g/mol. The van der Waals surface area contributed by atoms with E-state index in [-0.39, 0.29) is 17.8 Å². The van der Waals surface area contributed by atoms with Crippen molar-refractivity contribution in [2.24, 2.45) is 0 Å². The fourth-order valence-electron chi connectivity index (χ4n) is 4.20. The van der Waals surface area contributed by atoms with Crippen LogP contribution in [0.5, 0.6) is 5.75 Å². The van der Waals surface area contributed by atoms with Crippen LogP contribution in [0.2, 0.25) is 0 Å². The molecular weight excluding hydrogens is 345 g/mol. The highest BCUT2D eigenvalue weighted by Crippen LogP contribution is 2.39. The minimum absolute atomic E-state index is 0.0181. The van der Waals surface area contributed by atoms with Crippen LogP contribution in [0.25, 0.3) is 11.1 Å². The van der Waals surface area contributed by atoms with Crippen LogP contribution in [-0.4, -0.2) is 41.5 Å². The molecule has 27 heavy (non-hydrogen) atoms. The number of nitrogens with one attached hydrogen (secondary N) is 1. The Morgan fingerprint density at radius 1 is 1.33 bits per heavy atom. The number of benzene rings is 1. The lowest BCUT2D eigenvalue weighted by Gasteiger charge is -2.23. The van der Waals surface area contributed by atoms with Gasteiger partial charge in [-0.25, -0.2) is 4.39 Å². The van der Waals surface area contributed by atoms with Crippen LogP contribution in [0.1, 0.15) is 37.9 Å². The van der Waals surface area contributed by atoms with Crippen molar-refractivity contribution in [3.8, 4) is 16.9 Å². The quantitative estimate of drug-likeness (QED) is 0.898. The predicted octanol–water partition coefficient (Wildman–Crippen LogP) is 3.31. The molecule has 1 amide bonds. The normalized spacial score (nSPS) is 24.8. The van der Waals surface area contributed by atoms with Crippen molar-refractivity contribution in [3.63, 3.8) is 0 Å². The van der Waals surface area contributed by atoms with Gasteiger partial charge >= 0.3 is 0 Å². The highest BCUT2D eigenvalue weighted by atomic mass is 19.1. The number of rotatable bonds is 4. The van der Waals surface area contributed by atoms with E-state index in [0.29, 0.717) is 17.9 Å². The van der Waals surface area contributed by atoms with Crippen LogP contribution >= 0.6 is 0 Å². The van der Waals surface area contributed by atoms with Crippen molar-refractivity contribution in [1.29, 1.82) is 0 Å². The van der Waals surface area contributed by atoms with Crippen molar-refractivity contribution in [2.75, 3.05) is 20.2 Å². The molecule has 5 nitrogen and oxygen atoms in total. The molecule has 2 aliphatic heterocycles. The number of likely N-dealkylation sites (tertiary alicyclic amines) is 1. The summed E-state index contributed by atoms with van der Waals surface area (Å²) in [5, 5.41) is 3.53. The summed E-state index contributed by atoms with van der Waals surface area (Å²) < 4.78 is 19.5. The number of carbonyl (C=O) groups is 1. The van der Waals surface area contributed by atoms with Crippen molar-refractivity contribution in [3.05, 3.63) is 48.0 Å². The Balaban J connectivity index is 1.63. The van der Waals surface area contributed by atoms with Crippen LogP contribution in [0.4, 0.5) is 4.39 Å². The molecule has 2 aliphatic rings. The summed E-state index contributed by atoms with van der Waals surface area (Å²) in [6.45, 7) is 3.20. The Bertz CT molecular complexity index is 872. The Kier molecular flexibility index (Phi) is 4.60. The molecule has 1 N–H and O–H groups in total. The van der Waals surface area contributed by atoms with Gasteiger partial charge in [0.25, 0.3) is 0 Å². The van der Waals surface area contributed by atoms with Gasteiger partial charge in [0.2, 0.25) is 5.91 Å². The van der Waals surface area contributed by atoms with E-state index in [1.807, 2.05) is 26.1 Å². The number of carbonyl (C=O) groups excluding carboxylic acids is 1. The van der Waals surface area contributed by atoms with E-state index in [1.54, 1.807) is 17.2 Å². The van der Waals surface area contributed by atoms with E-state index in [4.69, 9.17) is 4.74 Å². The first kappa shape index (κ1) is 17.9. The van der Waals surface area contributed by atoms with Gasteiger partial charge in [-0.15, -0.1) is 0 Å². The Hall–Kier alpha value is -2.47. The van der Waals surface area contributed by atoms with Crippen LogP contribution in [0, 0.1) is 5.82 Å². The van der Waals surface area contributed by atoms with E-state index in [1.165, 1.54) is 12.1 Å². The minimum Gasteiger partial charge on any atom is -0.493 e. The number of halogens is 1. The summed E-state index contributed by atoms with van der Waals surface area (Å²) in [6.07, 6.45) is 4.24. The van der Waals surface area contributed by atoms with E-state index in [9.17, 15) is 9.18 Å². The average Bonchev–Trinajstić information content (AvgIpc) is 3.23. The molecule has 1 aromatic carbocycles. The number of amides is 1. The van der Waals surface area contributed by atoms with E-state index in [2.05, 4.69) is 10.3 Å². The first-order valence-corrected chi connectivity index (χ1v) is 9.44. The standard InChI is InChI=1S/C21H24FN3O2/c1-3-27-19-5-4-15(22)13-16(19)14-7-10-23-18(12-14)17-6-8-21(24-17)9-11-25(2)20(21)26/h4-5,7,10,12-13,17,24H,3,6,8-9,11H2,1-2H3/t17-,21+/m1/s1. The fraction of sp³-hybridized carbons (Fsp3) is 0.429. The van der Waals surface area contributed by atoms with Gasteiger partial charge in [0, 0.05) is 25.4 Å². The van der Waals surface area contributed by atoms with Crippen LogP contribution in [0.3, 0.4) is 0 Å². The molecule has 0 unspecified atom stereocenters. The SMILES string of the molecule is CCOc1ccc(F)cc1-c1ccnc([C@H]2CC[C@@]3(CCN(C)C3=O)N2)c1. The third-order valence-corrected chi connectivity index (χ3v) is 5.63. The van der Waals surface area contributed by atoms with Crippen molar-refractivity contribution in [1.82, 2.24) is 15.2 Å². The van der Waals surface area contributed by atoms with E-state index < -0.39 is 5.54 Å². The third-order valence-electron chi connectivity index (χ3n) is 5.63. The largest absolute Gasteiger partial charge is 0.493 e. The molecule has 2 atom stereocenters. The molecule has 0 aliphatic carbocycles. The number of pyridine rings is 1. The second-order valence-corrected chi connectivity index (χ2v) is 7.34. The van der Waals surface area contributed by atoms with Gasteiger partial charge in [0.1, 0.15) is 17.1 Å². The monoisotopic (exact) mass is 369 g/mol. The Morgan fingerprint density at radius 2 is 2.19 bits per heavy atom. The molecule has 0 saturated carbocycles. The molecule has 3 heterocycles. The number of hydrogen-bond donors (Lipinski definition) is 1. The number of hydrogen-bond acceptors (Lipinski definition) is 4. The predicted molar refractivity (Wildman–Crippen MR) is 101 cm³/mol. The maximum Gasteiger partial charge on any atom is 0.242 e. The summed E-state index contributed by atoms with van der Waals surface area (Å²) in [5.41, 5.74) is 2.00. The molecular formula is C21H24FN3O2. The zero-order valence-corrected chi connectivity index (χ0v) is 15.7. The number of aromatic nitrogens is 1. The number of ether oxygens (including phenoxy) is 1. The molecule has 2 aromatic rings. The molecule has 1 aromatic heterocycles. The Labute approximate surface area is 158 Å². The number of nitrogens with zero attached hydrogens (tertiary/aromatic N) is 2. The summed E-state index contributed by atoms with van der Waals surface area (Å²) in [4.78, 5) is 18.8. The van der Waals surface area contributed by atoms with Crippen LogP contribution in [-0.2, 0) is 4.79 Å². The lowest BCUT2D eigenvalue weighted by molar-refractivity contribution is -0.131. The summed E-state index contributed by atoms with van der Waals surface area (Å²) in [5.74, 6) is 0.522. The van der Waals surface area contributed by atoms with Crippen molar-refractivity contribution < 1.29 is 13.9 Å².